The highest BCUT2D eigenvalue weighted by molar-refractivity contribution is 7.00. The summed E-state index contributed by atoms with van der Waals surface area (Å²) in [4.78, 5) is 2.27. The molecule has 0 radical (unpaired) electrons. The van der Waals surface area contributed by atoms with E-state index in [2.05, 4.69) is 157 Å². The Labute approximate surface area is 291 Å². The number of fused-ring (bicyclic) bond motifs is 1. The van der Waals surface area contributed by atoms with Crippen LogP contribution in [0.1, 0.15) is 17.5 Å². The van der Waals surface area contributed by atoms with Crippen molar-refractivity contribution in [1.29, 1.82) is 0 Å². The van der Waals surface area contributed by atoms with Gasteiger partial charge in [0.25, 0.3) is 0 Å². The lowest BCUT2D eigenvalue weighted by molar-refractivity contribution is -0.873. The number of rotatable bonds is 10. The summed E-state index contributed by atoms with van der Waals surface area (Å²) in [7, 11) is 6.71. The van der Waals surface area contributed by atoms with Gasteiger partial charge in [0.05, 0.1) is 45.8 Å². The van der Waals surface area contributed by atoms with Crippen molar-refractivity contribution in [1.82, 2.24) is 8.75 Å². The molecule has 0 saturated carbocycles. The molecule has 0 amide bonds. The maximum atomic E-state index is 4.70. The number of quaternary nitrogens is 1. The zero-order valence-electron chi connectivity index (χ0n) is 25.7. The number of hydrogen-bond donors (Lipinski definition) is 0. The van der Waals surface area contributed by atoms with Gasteiger partial charge in [-0.3, -0.25) is 0 Å². The number of pyridine rings is 1. The number of aryl methyl sites for hydroxylation is 1. The van der Waals surface area contributed by atoms with E-state index in [1.165, 1.54) is 17.3 Å². The summed E-state index contributed by atoms with van der Waals surface area (Å²) in [6, 6.07) is 38.3. The van der Waals surface area contributed by atoms with Crippen LogP contribution in [0.3, 0.4) is 0 Å². The molecule has 0 aliphatic rings. The summed E-state index contributed by atoms with van der Waals surface area (Å²) in [5.41, 5.74) is 9.67. The van der Waals surface area contributed by atoms with Gasteiger partial charge in [0.15, 0.2) is 18.9 Å². The number of halogens is 2. The van der Waals surface area contributed by atoms with Gasteiger partial charge in [-0.05, 0) is 47.5 Å². The SMILES string of the molecule is C[N+](C)(C)CCC[n+]1ccc(/C=C/c2ccc(-c3ccc(N(c4ccccc4)c4ccccc4)cc3)c3nsnc23)cc1.[Br-].[Br-]. The van der Waals surface area contributed by atoms with Crippen molar-refractivity contribution in [2.75, 3.05) is 32.6 Å². The maximum absolute atomic E-state index is 4.70. The minimum absolute atomic E-state index is 0. The van der Waals surface area contributed by atoms with Crippen LogP contribution < -0.4 is 43.4 Å². The molecule has 8 heteroatoms. The molecule has 6 aromatic rings. The smallest absolute Gasteiger partial charge is 0.169 e. The summed E-state index contributed by atoms with van der Waals surface area (Å²) >= 11 is 1.26. The molecular formula is C37H37Br2N5S. The van der Waals surface area contributed by atoms with Gasteiger partial charge in [0, 0.05) is 40.3 Å². The zero-order valence-corrected chi connectivity index (χ0v) is 29.7. The molecule has 2 aromatic heterocycles. The van der Waals surface area contributed by atoms with Crippen molar-refractivity contribution in [3.8, 4) is 11.1 Å². The van der Waals surface area contributed by atoms with Crippen LogP contribution in [-0.4, -0.2) is 40.9 Å². The molecule has 0 N–H and O–H groups in total. The number of aromatic nitrogens is 3. The highest BCUT2D eigenvalue weighted by atomic mass is 79.9. The van der Waals surface area contributed by atoms with E-state index in [4.69, 9.17) is 4.37 Å². The molecule has 45 heavy (non-hydrogen) atoms. The van der Waals surface area contributed by atoms with E-state index in [-0.39, 0.29) is 34.0 Å². The lowest BCUT2D eigenvalue weighted by Crippen LogP contribution is -3.00. The fourth-order valence-corrected chi connectivity index (χ4v) is 5.87. The molecule has 6 rings (SSSR count). The highest BCUT2D eigenvalue weighted by Crippen LogP contribution is 2.36. The highest BCUT2D eigenvalue weighted by Gasteiger charge is 2.15. The first kappa shape index (κ1) is 34.2. The molecule has 0 atom stereocenters. The molecule has 4 aromatic carbocycles. The van der Waals surface area contributed by atoms with E-state index in [0.29, 0.717) is 0 Å². The lowest BCUT2D eigenvalue weighted by atomic mass is 10.0. The first-order chi connectivity index (χ1) is 20.9. The number of para-hydroxylation sites is 2. The molecule has 5 nitrogen and oxygen atoms in total. The van der Waals surface area contributed by atoms with Crippen LogP contribution >= 0.6 is 11.7 Å². The Morgan fingerprint density at radius 1 is 0.667 bits per heavy atom. The third kappa shape index (κ3) is 8.52. The first-order valence-electron chi connectivity index (χ1n) is 14.7. The molecule has 0 aliphatic carbocycles. The fraction of sp³-hybridized carbons (Fsp3) is 0.162. The molecule has 0 spiro atoms. The summed E-state index contributed by atoms with van der Waals surface area (Å²) in [6.45, 7) is 2.19. The predicted molar refractivity (Wildman–Crippen MR) is 181 cm³/mol. The molecule has 0 aliphatic heterocycles. The van der Waals surface area contributed by atoms with Crippen LogP contribution in [0.4, 0.5) is 17.1 Å². The summed E-state index contributed by atoms with van der Waals surface area (Å²) in [5, 5.41) is 0. The Morgan fingerprint density at radius 2 is 1.24 bits per heavy atom. The van der Waals surface area contributed by atoms with Gasteiger partial charge < -0.3 is 43.3 Å². The van der Waals surface area contributed by atoms with Crippen molar-refractivity contribution in [2.24, 2.45) is 0 Å². The lowest BCUT2D eigenvalue weighted by Gasteiger charge is -2.25. The van der Waals surface area contributed by atoms with E-state index in [0.717, 1.165) is 68.8 Å². The first-order valence-corrected chi connectivity index (χ1v) is 15.4. The molecule has 230 valence electrons. The van der Waals surface area contributed by atoms with Crippen LogP contribution in [0.2, 0.25) is 0 Å². The van der Waals surface area contributed by atoms with Crippen molar-refractivity contribution in [3.63, 3.8) is 0 Å². The van der Waals surface area contributed by atoms with Gasteiger partial charge >= 0.3 is 0 Å². The summed E-state index contributed by atoms with van der Waals surface area (Å²) < 4.78 is 12.6. The Hall–Kier alpha value is -3.69. The van der Waals surface area contributed by atoms with E-state index >= 15 is 0 Å². The second-order valence-corrected chi connectivity index (χ2v) is 12.3. The van der Waals surface area contributed by atoms with Crippen LogP contribution in [-0.2, 0) is 6.54 Å². The van der Waals surface area contributed by atoms with E-state index in [9.17, 15) is 0 Å². The average Bonchev–Trinajstić information content (AvgIpc) is 3.52. The predicted octanol–water partition coefficient (Wildman–Crippen LogP) is 2.39. The Bertz CT molecular complexity index is 1780. The number of hydrogen-bond acceptors (Lipinski definition) is 4. The monoisotopic (exact) mass is 741 g/mol. The van der Waals surface area contributed by atoms with Gasteiger partial charge in [-0.15, -0.1) is 0 Å². The molecule has 2 heterocycles. The number of benzene rings is 4. The minimum Gasteiger partial charge on any atom is -1.00 e. The average molecular weight is 744 g/mol. The molecule has 0 bridgehead atoms. The van der Waals surface area contributed by atoms with Crippen LogP contribution in [0.15, 0.2) is 122 Å². The second-order valence-electron chi connectivity index (χ2n) is 11.8. The van der Waals surface area contributed by atoms with Crippen LogP contribution in [0.5, 0.6) is 0 Å². The van der Waals surface area contributed by atoms with Crippen molar-refractivity contribution in [2.45, 2.75) is 13.0 Å². The zero-order chi connectivity index (χ0) is 29.6. The quantitative estimate of drug-likeness (QED) is 0.160. The van der Waals surface area contributed by atoms with Gasteiger partial charge in [-0.2, -0.15) is 8.75 Å². The van der Waals surface area contributed by atoms with Gasteiger partial charge in [-0.25, -0.2) is 4.57 Å². The van der Waals surface area contributed by atoms with Crippen molar-refractivity contribution >= 4 is 52.0 Å². The third-order valence-electron chi connectivity index (χ3n) is 7.53. The second kappa shape index (κ2) is 15.5. The van der Waals surface area contributed by atoms with Gasteiger partial charge in [-0.1, -0.05) is 72.8 Å². The Kier molecular flexibility index (Phi) is 11.8. The fourth-order valence-electron chi connectivity index (χ4n) is 5.29. The van der Waals surface area contributed by atoms with E-state index in [1.807, 2.05) is 12.1 Å². The molecule has 0 unspecified atom stereocenters. The maximum Gasteiger partial charge on any atom is 0.169 e. The molecule has 0 saturated heterocycles. The molecular weight excluding hydrogens is 706 g/mol. The Morgan fingerprint density at radius 3 is 1.84 bits per heavy atom. The normalized spacial score (nSPS) is 11.3. The van der Waals surface area contributed by atoms with Crippen LogP contribution in [0, 0.1) is 0 Å². The molecule has 0 fully saturated rings. The summed E-state index contributed by atoms with van der Waals surface area (Å²) in [5.74, 6) is 0. The van der Waals surface area contributed by atoms with Crippen molar-refractivity contribution in [3.05, 3.63) is 133 Å². The van der Waals surface area contributed by atoms with Gasteiger partial charge in [0.2, 0.25) is 0 Å². The van der Waals surface area contributed by atoms with E-state index < -0.39 is 0 Å². The number of anilines is 3. The van der Waals surface area contributed by atoms with Crippen LogP contribution in [0.25, 0.3) is 34.3 Å². The third-order valence-corrected chi connectivity index (χ3v) is 8.06. The number of nitrogens with zero attached hydrogens (tertiary/aromatic N) is 5. The van der Waals surface area contributed by atoms with Gasteiger partial charge in [0.1, 0.15) is 11.0 Å². The van der Waals surface area contributed by atoms with E-state index in [1.54, 1.807) is 0 Å². The summed E-state index contributed by atoms with van der Waals surface area (Å²) in [6.07, 6.45) is 9.79. The standard InChI is InChI=1S/C37H37N5S.2BrH/c1-42(2,3)28-10-25-40-26-23-29(24-27-40)15-16-31-19-22-35(37-36(31)38-43-39-37)30-17-20-34(21-18-30)41(32-11-6-4-7-12-32)33-13-8-5-9-14-33;;/h4-9,11-24,26-27H,10,25,28H2,1-3H3;2*1H/q+2;;/p-2. The largest absolute Gasteiger partial charge is 1.00 e. The van der Waals surface area contributed by atoms with Crippen molar-refractivity contribution < 1.29 is 43.0 Å². The topological polar surface area (TPSA) is 32.9 Å². The minimum atomic E-state index is 0. The Balaban J connectivity index is 0.00000230.